The molecule has 0 saturated carbocycles. The van der Waals surface area contributed by atoms with Gasteiger partial charge in [-0.25, -0.2) is 9.78 Å². The number of aliphatic carboxylic acids is 1. The third-order valence-electron chi connectivity index (χ3n) is 2.07. The summed E-state index contributed by atoms with van der Waals surface area (Å²) in [7, 11) is 0. The highest BCUT2D eigenvalue weighted by Gasteiger charge is 2.58. The van der Waals surface area contributed by atoms with Crippen molar-refractivity contribution in [2.45, 2.75) is 18.6 Å². The fourth-order valence-electron chi connectivity index (χ4n) is 0.923. The molecule has 1 aromatic heterocycles. The van der Waals surface area contributed by atoms with E-state index in [-0.39, 0.29) is 0 Å². The van der Waals surface area contributed by atoms with Crippen molar-refractivity contribution in [1.82, 2.24) is 9.97 Å². The molecule has 94 valence electrons. The summed E-state index contributed by atoms with van der Waals surface area (Å²) in [6.45, 7) is 0.406. The van der Waals surface area contributed by atoms with Gasteiger partial charge in [-0.3, -0.25) is 4.79 Å². The van der Waals surface area contributed by atoms with Crippen LogP contribution in [0.1, 0.15) is 6.92 Å². The fourth-order valence-corrected chi connectivity index (χ4v) is 0.923. The summed E-state index contributed by atoms with van der Waals surface area (Å²) in [5, 5.41) is 10.2. The first-order valence-electron chi connectivity index (χ1n) is 4.30. The fraction of sp³-hybridized carbons (Fsp3) is 0.375. The van der Waals surface area contributed by atoms with E-state index in [1.807, 2.05) is 0 Å². The van der Waals surface area contributed by atoms with Crippen LogP contribution in [0, 0.1) is 0 Å². The van der Waals surface area contributed by atoms with Gasteiger partial charge in [-0.1, -0.05) is 0 Å². The topological polar surface area (TPSA) is 95.1 Å². The standard InChI is InChI=1S/C8H8F3N3O3/c1-7(6(16)17,8(9,10)11)14-4-5(15)13-3-2-12-4/h2-3H,1H3,(H,12,14)(H,13,15)(H,16,17). The molecule has 3 N–H and O–H groups in total. The highest BCUT2D eigenvalue weighted by atomic mass is 19.4. The molecule has 0 spiro atoms. The number of aromatic nitrogens is 2. The molecule has 6 nitrogen and oxygen atoms in total. The summed E-state index contributed by atoms with van der Waals surface area (Å²) in [5.74, 6) is -2.87. The number of nitrogens with one attached hydrogen (secondary N) is 2. The van der Waals surface area contributed by atoms with Gasteiger partial charge in [0.2, 0.25) is 5.54 Å². The number of carboxylic acid groups (broad SMARTS) is 1. The Morgan fingerprint density at radius 2 is 2.12 bits per heavy atom. The quantitative estimate of drug-likeness (QED) is 0.730. The Morgan fingerprint density at radius 3 is 2.53 bits per heavy atom. The second-order valence-corrected chi connectivity index (χ2v) is 3.32. The number of carboxylic acids is 1. The summed E-state index contributed by atoms with van der Waals surface area (Å²) in [5.41, 5.74) is -4.22. The van der Waals surface area contributed by atoms with Gasteiger partial charge < -0.3 is 15.4 Å². The molecule has 0 aliphatic carbocycles. The number of carbonyl (C=O) groups is 1. The van der Waals surface area contributed by atoms with Crippen LogP contribution in [0.25, 0.3) is 0 Å². The normalized spacial score (nSPS) is 15.1. The van der Waals surface area contributed by atoms with Crippen LogP contribution in [0.2, 0.25) is 0 Å². The van der Waals surface area contributed by atoms with Crippen molar-refractivity contribution >= 4 is 11.8 Å². The SMILES string of the molecule is CC(Nc1ncc[nH]c1=O)(C(=O)O)C(F)(F)F. The lowest BCUT2D eigenvalue weighted by Crippen LogP contribution is -2.56. The van der Waals surface area contributed by atoms with Crippen molar-refractivity contribution in [3.05, 3.63) is 22.7 Å². The summed E-state index contributed by atoms with van der Waals surface area (Å²) < 4.78 is 37.8. The zero-order valence-electron chi connectivity index (χ0n) is 8.50. The molecule has 0 aromatic carbocycles. The van der Waals surface area contributed by atoms with Gasteiger partial charge in [0.05, 0.1) is 0 Å². The van der Waals surface area contributed by atoms with Gasteiger partial charge in [0, 0.05) is 12.4 Å². The van der Waals surface area contributed by atoms with E-state index in [0.29, 0.717) is 6.92 Å². The monoisotopic (exact) mass is 251 g/mol. The molecule has 1 atom stereocenters. The maximum Gasteiger partial charge on any atom is 0.422 e. The zero-order valence-corrected chi connectivity index (χ0v) is 8.50. The molecule has 0 bridgehead atoms. The Hall–Kier alpha value is -2.06. The number of rotatable bonds is 3. The number of anilines is 1. The van der Waals surface area contributed by atoms with E-state index in [1.165, 1.54) is 0 Å². The van der Waals surface area contributed by atoms with Gasteiger partial charge in [-0.15, -0.1) is 0 Å². The molecule has 0 fully saturated rings. The summed E-state index contributed by atoms with van der Waals surface area (Å²) in [6, 6.07) is 0. The van der Waals surface area contributed by atoms with Crippen LogP contribution in [-0.4, -0.2) is 32.8 Å². The molecule has 0 aliphatic rings. The minimum Gasteiger partial charge on any atom is -0.479 e. The van der Waals surface area contributed by atoms with Gasteiger partial charge in [0.1, 0.15) is 0 Å². The van der Waals surface area contributed by atoms with Crippen molar-refractivity contribution in [3.8, 4) is 0 Å². The molecular formula is C8H8F3N3O3. The van der Waals surface area contributed by atoms with Crippen LogP contribution >= 0.6 is 0 Å². The van der Waals surface area contributed by atoms with Gasteiger partial charge in [0.15, 0.2) is 5.82 Å². The van der Waals surface area contributed by atoms with E-state index in [9.17, 15) is 22.8 Å². The number of nitrogens with zero attached hydrogens (tertiary/aromatic N) is 1. The summed E-state index contributed by atoms with van der Waals surface area (Å²) >= 11 is 0. The summed E-state index contributed by atoms with van der Waals surface area (Å²) in [4.78, 5) is 27.2. The zero-order chi connectivity index (χ0) is 13.3. The predicted molar refractivity (Wildman–Crippen MR) is 50.6 cm³/mol. The summed E-state index contributed by atoms with van der Waals surface area (Å²) in [6.07, 6.45) is -2.94. The van der Waals surface area contributed by atoms with Crippen LogP contribution in [0.15, 0.2) is 17.2 Å². The Bertz CT molecular complexity index is 485. The van der Waals surface area contributed by atoms with Crippen LogP contribution in [-0.2, 0) is 4.79 Å². The maximum absolute atomic E-state index is 12.6. The first-order valence-corrected chi connectivity index (χ1v) is 4.30. The van der Waals surface area contributed by atoms with Crippen molar-refractivity contribution in [3.63, 3.8) is 0 Å². The molecule has 1 rings (SSSR count). The smallest absolute Gasteiger partial charge is 0.422 e. The number of hydrogen-bond donors (Lipinski definition) is 3. The Balaban J connectivity index is 3.18. The minimum atomic E-state index is -5.08. The van der Waals surface area contributed by atoms with Crippen LogP contribution in [0.4, 0.5) is 19.0 Å². The molecule has 0 amide bonds. The van der Waals surface area contributed by atoms with Gasteiger partial charge in [-0.05, 0) is 6.92 Å². The second kappa shape index (κ2) is 4.07. The van der Waals surface area contributed by atoms with E-state index in [2.05, 4.69) is 9.97 Å². The van der Waals surface area contributed by atoms with E-state index in [0.717, 1.165) is 12.4 Å². The van der Waals surface area contributed by atoms with Crippen LogP contribution < -0.4 is 10.9 Å². The molecule has 0 radical (unpaired) electrons. The molecule has 1 unspecified atom stereocenters. The highest BCUT2D eigenvalue weighted by molar-refractivity contribution is 5.83. The van der Waals surface area contributed by atoms with Crippen molar-refractivity contribution in [1.29, 1.82) is 0 Å². The lowest BCUT2D eigenvalue weighted by molar-refractivity contribution is -0.193. The molecule has 0 saturated heterocycles. The molecule has 0 aliphatic heterocycles. The first-order chi connectivity index (χ1) is 7.68. The second-order valence-electron chi connectivity index (χ2n) is 3.32. The Kier molecular flexibility index (Phi) is 3.12. The Morgan fingerprint density at radius 1 is 1.53 bits per heavy atom. The average Bonchev–Trinajstić information content (AvgIpc) is 2.19. The molecule has 9 heteroatoms. The number of H-pyrrole nitrogens is 1. The predicted octanol–water partition coefficient (Wildman–Crippen LogP) is 0.587. The van der Waals surface area contributed by atoms with Crippen molar-refractivity contribution in [2.24, 2.45) is 0 Å². The average molecular weight is 251 g/mol. The third-order valence-corrected chi connectivity index (χ3v) is 2.07. The Labute approximate surface area is 92.5 Å². The van der Waals surface area contributed by atoms with E-state index >= 15 is 0 Å². The van der Waals surface area contributed by atoms with E-state index in [4.69, 9.17) is 5.11 Å². The first kappa shape index (κ1) is 13.0. The number of aromatic amines is 1. The van der Waals surface area contributed by atoms with Crippen LogP contribution in [0.5, 0.6) is 0 Å². The minimum absolute atomic E-state index is 0.406. The van der Waals surface area contributed by atoms with Crippen molar-refractivity contribution in [2.75, 3.05) is 5.32 Å². The molecule has 1 heterocycles. The number of hydrogen-bond acceptors (Lipinski definition) is 4. The largest absolute Gasteiger partial charge is 0.479 e. The molecule has 1 aromatic rings. The maximum atomic E-state index is 12.6. The van der Waals surface area contributed by atoms with Gasteiger partial charge in [-0.2, -0.15) is 13.2 Å². The van der Waals surface area contributed by atoms with E-state index in [1.54, 1.807) is 5.32 Å². The lowest BCUT2D eigenvalue weighted by atomic mass is 10.0. The van der Waals surface area contributed by atoms with E-state index < -0.39 is 29.1 Å². The van der Waals surface area contributed by atoms with Gasteiger partial charge in [0.25, 0.3) is 5.56 Å². The van der Waals surface area contributed by atoms with Crippen molar-refractivity contribution < 1.29 is 23.1 Å². The lowest BCUT2D eigenvalue weighted by Gasteiger charge is -2.28. The van der Waals surface area contributed by atoms with Crippen LogP contribution in [0.3, 0.4) is 0 Å². The van der Waals surface area contributed by atoms with Gasteiger partial charge >= 0.3 is 12.1 Å². The molecular weight excluding hydrogens is 243 g/mol. The number of alkyl halides is 3. The third kappa shape index (κ3) is 2.37. The molecule has 17 heavy (non-hydrogen) atoms. The number of halogens is 3. The highest BCUT2D eigenvalue weighted by Crippen LogP contribution is 2.32.